The summed E-state index contributed by atoms with van der Waals surface area (Å²) in [6, 6.07) is 13.1. The zero-order chi connectivity index (χ0) is 33.6. The molecule has 4 aromatic rings. The van der Waals surface area contributed by atoms with E-state index in [0.717, 1.165) is 21.9 Å². The second-order valence-corrected chi connectivity index (χ2v) is 14.8. The van der Waals surface area contributed by atoms with E-state index < -0.39 is 39.3 Å². The normalized spacial score (nSPS) is 12.5. The molecule has 0 fully saturated rings. The zero-order valence-electron chi connectivity index (χ0n) is 25.4. The molecule has 4 rings (SSSR count). The number of nitrogens with zero attached hydrogens (tertiary/aromatic N) is 2. The molecule has 0 radical (unpaired) electrons. The average molecular weight is 687 g/mol. The van der Waals surface area contributed by atoms with E-state index in [1.165, 1.54) is 43.3 Å². The van der Waals surface area contributed by atoms with E-state index in [0.29, 0.717) is 26.9 Å². The third kappa shape index (κ3) is 7.82. The van der Waals surface area contributed by atoms with Crippen molar-refractivity contribution in [1.29, 1.82) is 0 Å². The lowest BCUT2D eigenvalue weighted by Crippen LogP contribution is -2.26. The third-order valence-corrected chi connectivity index (χ3v) is 9.63. The van der Waals surface area contributed by atoms with Gasteiger partial charge in [-0.15, -0.1) is 24.5 Å². The SMILES string of the molecule is CC(C)Oc1cc(OC(F)(F)F)cc(C(C)(C)c2cc(Cl)cc(N(C)C(=O)c3cc4cc(N(C)S(C)(=O)=O)c(F)cc4s3)c2)c1. The van der Waals surface area contributed by atoms with E-state index in [9.17, 15) is 30.8 Å². The van der Waals surface area contributed by atoms with Crippen LogP contribution in [0, 0.1) is 5.82 Å². The van der Waals surface area contributed by atoms with Gasteiger partial charge in [-0.3, -0.25) is 9.10 Å². The van der Waals surface area contributed by atoms with Gasteiger partial charge < -0.3 is 14.4 Å². The molecule has 242 valence electrons. The summed E-state index contributed by atoms with van der Waals surface area (Å²) in [5.41, 5.74) is 0.363. The molecule has 1 heterocycles. The number of hydrogen-bond acceptors (Lipinski definition) is 6. The first-order valence-electron chi connectivity index (χ1n) is 13.5. The van der Waals surface area contributed by atoms with Crippen LogP contribution in [-0.2, 0) is 15.4 Å². The Kier molecular flexibility index (Phi) is 9.41. The Labute approximate surface area is 268 Å². The summed E-state index contributed by atoms with van der Waals surface area (Å²) in [6.07, 6.45) is -4.26. The molecule has 0 bridgehead atoms. The number of fused-ring (bicyclic) bond motifs is 1. The number of carbonyl (C=O) groups excluding carboxylic acids is 1. The largest absolute Gasteiger partial charge is 0.573 e. The van der Waals surface area contributed by atoms with Gasteiger partial charge in [0.25, 0.3) is 5.91 Å². The van der Waals surface area contributed by atoms with E-state index in [-0.39, 0.29) is 27.4 Å². The van der Waals surface area contributed by atoms with Gasteiger partial charge >= 0.3 is 6.36 Å². The lowest BCUT2D eigenvalue weighted by molar-refractivity contribution is -0.274. The van der Waals surface area contributed by atoms with Gasteiger partial charge in [-0.25, -0.2) is 12.8 Å². The van der Waals surface area contributed by atoms with Crippen molar-refractivity contribution in [3.8, 4) is 11.5 Å². The molecule has 0 aliphatic heterocycles. The zero-order valence-corrected chi connectivity index (χ0v) is 27.8. The molecule has 0 saturated carbocycles. The highest BCUT2D eigenvalue weighted by atomic mass is 35.5. The predicted octanol–water partition coefficient (Wildman–Crippen LogP) is 8.38. The number of benzene rings is 3. The highest BCUT2D eigenvalue weighted by molar-refractivity contribution is 7.92. The van der Waals surface area contributed by atoms with Crippen molar-refractivity contribution >= 4 is 60.3 Å². The molecule has 0 atom stereocenters. The lowest BCUT2D eigenvalue weighted by Gasteiger charge is -2.29. The fraction of sp³-hybridized carbons (Fsp3) is 0.323. The minimum Gasteiger partial charge on any atom is -0.491 e. The Morgan fingerprint density at radius 1 is 0.933 bits per heavy atom. The molecule has 3 aromatic carbocycles. The Bertz CT molecular complexity index is 1870. The third-order valence-electron chi connectivity index (χ3n) is 7.14. The highest BCUT2D eigenvalue weighted by Crippen LogP contribution is 2.40. The minimum absolute atomic E-state index is 0.150. The van der Waals surface area contributed by atoms with Crippen molar-refractivity contribution in [3.63, 3.8) is 0 Å². The molecule has 0 aliphatic carbocycles. The number of amides is 1. The predicted molar refractivity (Wildman–Crippen MR) is 170 cm³/mol. The van der Waals surface area contributed by atoms with Gasteiger partial charge in [-0.05, 0) is 78.9 Å². The maximum Gasteiger partial charge on any atom is 0.573 e. The molecule has 1 amide bonds. The molecular weight excluding hydrogens is 656 g/mol. The topological polar surface area (TPSA) is 76.2 Å². The quantitative estimate of drug-likeness (QED) is 0.165. The maximum absolute atomic E-state index is 14.8. The number of anilines is 2. The molecule has 1 aromatic heterocycles. The number of carbonyl (C=O) groups is 1. The number of hydrogen-bond donors (Lipinski definition) is 0. The molecule has 7 nitrogen and oxygen atoms in total. The van der Waals surface area contributed by atoms with Crippen molar-refractivity contribution < 1.29 is 40.2 Å². The van der Waals surface area contributed by atoms with Crippen LogP contribution >= 0.6 is 22.9 Å². The van der Waals surface area contributed by atoms with Crippen molar-refractivity contribution in [2.45, 2.75) is 45.6 Å². The summed E-state index contributed by atoms with van der Waals surface area (Å²) < 4.78 is 89.3. The van der Waals surface area contributed by atoms with E-state index in [2.05, 4.69) is 4.74 Å². The van der Waals surface area contributed by atoms with Crippen LogP contribution in [0.3, 0.4) is 0 Å². The van der Waals surface area contributed by atoms with Crippen LogP contribution < -0.4 is 18.7 Å². The van der Waals surface area contributed by atoms with Crippen LogP contribution in [0.2, 0.25) is 5.02 Å². The second kappa shape index (κ2) is 12.3. The summed E-state index contributed by atoms with van der Waals surface area (Å²) in [6.45, 7) is 7.08. The number of thiophene rings is 1. The van der Waals surface area contributed by atoms with Gasteiger partial charge in [0, 0.05) is 41.0 Å². The standard InChI is InChI=1S/C31H31ClF4N2O5S2/c1-17(2)42-23-12-20(13-24(15-23)43-31(34,35)36)30(3,4)19-10-21(32)14-22(11-19)37(5)29(39)28-9-18-8-26(38(6)45(7,40)41)25(33)16-27(18)44-28/h8-17H,1-7H3. The van der Waals surface area contributed by atoms with Crippen LogP contribution in [-0.4, -0.2) is 47.1 Å². The Hall–Kier alpha value is -3.55. The van der Waals surface area contributed by atoms with E-state index in [1.807, 2.05) is 0 Å². The van der Waals surface area contributed by atoms with Crippen molar-refractivity contribution in [1.82, 2.24) is 0 Å². The highest BCUT2D eigenvalue weighted by Gasteiger charge is 2.33. The summed E-state index contributed by atoms with van der Waals surface area (Å²) in [4.78, 5) is 15.2. The van der Waals surface area contributed by atoms with E-state index >= 15 is 0 Å². The lowest BCUT2D eigenvalue weighted by atomic mass is 9.77. The van der Waals surface area contributed by atoms with Crippen molar-refractivity contribution in [2.75, 3.05) is 29.6 Å². The molecular formula is C31H31ClF4N2O5S2. The summed E-state index contributed by atoms with van der Waals surface area (Å²) in [7, 11) is -0.949. The van der Waals surface area contributed by atoms with Gasteiger partial charge in [-0.1, -0.05) is 25.4 Å². The van der Waals surface area contributed by atoms with Gasteiger partial charge in [0.1, 0.15) is 17.3 Å². The Morgan fingerprint density at radius 3 is 2.16 bits per heavy atom. The first-order chi connectivity index (χ1) is 20.7. The number of rotatable bonds is 9. The summed E-state index contributed by atoms with van der Waals surface area (Å²) in [5, 5.41) is 0.764. The molecule has 45 heavy (non-hydrogen) atoms. The summed E-state index contributed by atoms with van der Waals surface area (Å²) >= 11 is 7.54. The first kappa shape index (κ1) is 34.3. The molecule has 0 aliphatic rings. The molecule has 0 N–H and O–H groups in total. The maximum atomic E-state index is 14.8. The molecule has 0 spiro atoms. The van der Waals surface area contributed by atoms with Crippen molar-refractivity contribution in [3.05, 3.63) is 81.4 Å². The smallest absolute Gasteiger partial charge is 0.491 e. The fourth-order valence-corrected chi connectivity index (χ4v) is 6.39. The number of alkyl halides is 3. The van der Waals surface area contributed by atoms with Crippen LogP contribution in [0.4, 0.5) is 28.9 Å². The van der Waals surface area contributed by atoms with E-state index in [1.54, 1.807) is 58.0 Å². The Balaban J connectivity index is 1.71. The second-order valence-electron chi connectivity index (χ2n) is 11.3. The van der Waals surface area contributed by atoms with E-state index in [4.69, 9.17) is 16.3 Å². The fourth-order valence-electron chi connectivity index (χ4n) is 4.62. The van der Waals surface area contributed by atoms with Gasteiger partial charge in [0.2, 0.25) is 10.0 Å². The first-order valence-corrected chi connectivity index (χ1v) is 16.5. The molecule has 0 saturated heterocycles. The van der Waals surface area contributed by atoms with Gasteiger partial charge in [0.05, 0.1) is 22.9 Å². The summed E-state index contributed by atoms with van der Waals surface area (Å²) in [5.74, 6) is -1.44. The van der Waals surface area contributed by atoms with Crippen molar-refractivity contribution in [2.24, 2.45) is 0 Å². The van der Waals surface area contributed by atoms with Crippen LogP contribution in [0.25, 0.3) is 10.1 Å². The van der Waals surface area contributed by atoms with Gasteiger partial charge in [-0.2, -0.15) is 0 Å². The Morgan fingerprint density at radius 2 is 1.56 bits per heavy atom. The van der Waals surface area contributed by atoms with Crippen LogP contribution in [0.5, 0.6) is 11.5 Å². The van der Waals surface area contributed by atoms with Gasteiger partial charge in [0.15, 0.2) is 0 Å². The minimum atomic E-state index is -4.91. The number of halogens is 5. The molecule has 14 heteroatoms. The number of sulfonamides is 1. The van der Waals surface area contributed by atoms with Crippen LogP contribution in [0.1, 0.15) is 48.5 Å². The number of ether oxygens (including phenoxy) is 2. The average Bonchev–Trinajstić information content (AvgIpc) is 3.31. The monoisotopic (exact) mass is 686 g/mol. The molecule has 0 unspecified atom stereocenters. The van der Waals surface area contributed by atoms with Crippen LogP contribution in [0.15, 0.2) is 54.6 Å².